The van der Waals surface area contributed by atoms with Crippen LogP contribution in [0.5, 0.6) is 0 Å². The van der Waals surface area contributed by atoms with Crippen LogP contribution in [-0.2, 0) is 9.47 Å². The fraction of sp³-hybridized carbons (Fsp3) is 1.00. The first-order valence-electron chi connectivity index (χ1n) is 4.64. The van der Waals surface area contributed by atoms with Gasteiger partial charge in [0.1, 0.15) is 0 Å². The Labute approximate surface area is 92.8 Å². The van der Waals surface area contributed by atoms with Crippen molar-refractivity contribution in [3.05, 3.63) is 0 Å². The highest BCUT2D eigenvalue weighted by Crippen LogP contribution is 2.39. The highest BCUT2D eigenvalue weighted by Gasteiger charge is 2.60. The predicted molar refractivity (Wildman–Crippen MR) is 44.2 cm³/mol. The van der Waals surface area contributed by atoms with Crippen LogP contribution in [0.4, 0.5) is 26.3 Å². The zero-order chi connectivity index (χ0) is 13.4. The highest BCUT2D eigenvalue weighted by molar-refractivity contribution is 4.96. The molecule has 9 heteroatoms. The maximum atomic E-state index is 12.1. The lowest BCUT2D eigenvalue weighted by Crippen LogP contribution is -2.61. The minimum atomic E-state index is -5.50. The summed E-state index contributed by atoms with van der Waals surface area (Å²) < 4.78 is 81.6. The number of hydrogen-bond donors (Lipinski definition) is 1. The topological polar surface area (TPSA) is 44.5 Å². The van der Waals surface area contributed by atoms with Crippen LogP contribution in [0.15, 0.2) is 0 Å². The maximum Gasteiger partial charge on any atom is 0.423 e. The number of methoxy groups -OCH3 is 1. The van der Waals surface area contributed by atoms with Gasteiger partial charge in [0.2, 0.25) is 6.10 Å². The van der Waals surface area contributed by atoms with Gasteiger partial charge in [-0.1, -0.05) is 0 Å². The molecule has 1 saturated carbocycles. The van der Waals surface area contributed by atoms with Gasteiger partial charge in [-0.05, 0) is 6.42 Å². The first-order chi connectivity index (χ1) is 7.57. The molecule has 0 aromatic rings. The van der Waals surface area contributed by atoms with Crippen molar-refractivity contribution < 1.29 is 35.8 Å². The van der Waals surface area contributed by atoms with Crippen molar-refractivity contribution in [3.8, 4) is 0 Å². The molecule has 0 aromatic carbocycles. The van der Waals surface area contributed by atoms with Crippen molar-refractivity contribution in [2.75, 3.05) is 7.11 Å². The lowest BCUT2D eigenvalue weighted by atomic mass is 9.86. The lowest BCUT2D eigenvalue weighted by Gasteiger charge is -2.43. The molecule has 0 bridgehead atoms. The highest BCUT2D eigenvalue weighted by atomic mass is 19.4. The molecule has 0 aromatic heterocycles. The van der Waals surface area contributed by atoms with Gasteiger partial charge in [-0.25, -0.2) is 0 Å². The Morgan fingerprint density at radius 1 is 1.12 bits per heavy atom. The summed E-state index contributed by atoms with van der Waals surface area (Å²) in [6.07, 6.45) is -17.1. The van der Waals surface area contributed by atoms with Crippen molar-refractivity contribution in [1.29, 1.82) is 0 Å². The van der Waals surface area contributed by atoms with Crippen molar-refractivity contribution in [1.82, 2.24) is 0 Å². The van der Waals surface area contributed by atoms with Crippen LogP contribution in [0.25, 0.3) is 0 Å². The lowest BCUT2D eigenvalue weighted by molar-refractivity contribution is -0.344. The molecule has 0 radical (unpaired) electrons. The summed E-state index contributed by atoms with van der Waals surface area (Å²) >= 11 is 0. The van der Waals surface area contributed by atoms with Gasteiger partial charge in [0.05, 0.1) is 12.2 Å². The zero-order valence-electron chi connectivity index (χ0n) is 8.68. The second kappa shape index (κ2) is 4.62. The number of rotatable bonds is 3. The van der Waals surface area contributed by atoms with E-state index in [1.54, 1.807) is 0 Å². The van der Waals surface area contributed by atoms with Gasteiger partial charge >= 0.3 is 12.4 Å². The summed E-state index contributed by atoms with van der Waals surface area (Å²) in [6, 6.07) is -0.605. The van der Waals surface area contributed by atoms with Crippen LogP contribution in [0.2, 0.25) is 0 Å². The third-order valence-corrected chi connectivity index (χ3v) is 2.47. The molecular weight excluding hydrogens is 256 g/mol. The third-order valence-electron chi connectivity index (χ3n) is 2.47. The SMILES string of the molecule is COC1C(N)CC1OC(C(F)(F)F)C(F)(F)F. The second-order valence-corrected chi connectivity index (χ2v) is 3.74. The largest absolute Gasteiger partial charge is 0.423 e. The summed E-state index contributed by atoms with van der Waals surface area (Å²) in [5.74, 6) is 0. The molecule has 3 unspecified atom stereocenters. The molecule has 1 rings (SSSR count). The Morgan fingerprint density at radius 2 is 1.59 bits per heavy atom. The van der Waals surface area contributed by atoms with Gasteiger partial charge in [0.15, 0.2) is 0 Å². The standard InChI is InChI=1S/C8H11F6NO2/c1-16-5-3(15)2-4(5)17-6(7(9,10)11)8(12,13)14/h3-6H,2,15H2,1H3. The Bertz CT molecular complexity index is 252. The van der Waals surface area contributed by atoms with E-state index in [-0.39, 0.29) is 6.42 Å². The van der Waals surface area contributed by atoms with Gasteiger partial charge < -0.3 is 15.2 Å². The third kappa shape index (κ3) is 3.23. The van der Waals surface area contributed by atoms with E-state index in [1.807, 2.05) is 0 Å². The van der Waals surface area contributed by atoms with Crippen LogP contribution in [0.1, 0.15) is 6.42 Å². The molecule has 3 atom stereocenters. The predicted octanol–water partition coefficient (Wildman–Crippen LogP) is 1.61. The van der Waals surface area contributed by atoms with E-state index in [1.165, 1.54) is 0 Å². The zero-order valence-corrected chi connectivity index (χ0v) is 8.68. The normalized spacial score (nSPS) is 30.5. The van der Waals surface area contributed by atoms with Crippen LogP contribution < -0.4 is 5.73 Å². The van der Waals surface area contributed by atoms with Crippen LogP contribution >= 0.6 is 0 Å². The molecule has 1 fully saturated rings. The second-order valence-electron chi connectivity index (χ2n) is 3.74. The van der Waals surface area contributed by atoms with E-state index >= 15 is 0 Å². The summed E-state index contributed by atoms with van der Waals surface area (Å²) in [7, 11) is 1.15. The van der Waals surface area contributed by atoms with Crippen LogP contribution in [0.3, 0.4) is 0 Å². The fourth-order valence-electron chi connectivity index (χ4n) is 1.59. The smallest absolute Gasteiger partial charge is 0.377 e. The Balaban J connectivity index is 2.69. The monoisotopic (exact) mass is 267 g/mol. The van der Waals surface area contributed by atoms with Gasteiger partial charge in [-0.2, -0.15) is 26.3 Å². The Kier molecular flexibility index (Phi) is 3.94. The van der Waals surface area contributed by atoms with Crippen molar-refractivity contribution in [2.45, 2.75) is 43.1 Å². The summed E-state index contributed by atoms with van der Waals surface area (Å²) in [6.45, 7) is 0. The van der Waals surface area contributed by atoms with E-state index in [4.69, 9.17) is 5.73 Å². The Hall–Kier alpha value is -0.540. The molecule has 2 N–H and O–H groups in total. The van der Waals surface area contributed by atoms with Crippen molar-refractivity contribution in [3.63, 3.8) is 0 Å². The molecular formula is C8H11F6NO2. The number of alkyl halides is 6. The van der Waals surface area contributed by atoms with Crippen molar-refractivity contribution >= 4 is 0 Å². The maximum absolute atomic E-state index is 12.1. The first kappa shape index (κ1) is 14.5. The molecule has 0 saturated heterocycles. The van der Waals surface area contributed by atoms with Crippen LogP contribution in [0, 0.1) is 0 Å². The van der Waals surface area contributed by atoms with E-state index in [9.17, 15) is 26.3 Å². The van der Waals surface area contributed by atoms with Crippen LogP contribution in [-0.4, -0.2) is 43.8 Å². The molecule has 0 aliphatic heterocycles. The van der Waals surface area contributed by atoms with E-state index in [0.717, 1.165) is 7.11 Å². The molecule has 0 amide bonds. The molecule has 1 aliphatic carbocycles. The quantitative estimate of drug-likeness (QED) is 0.790. The molecule has 17 heavy (non-hydrogen) atoms. The van der Waals surface area contributed by atoms with Gasteiger partial charge in [0, 0.05) is 13.2 Å². The summed E-state index contributed by atoms with van der Waals surface area (Å²) in [5.41, 5.74) is 5.35. The van der Waals surface area contributed by atoms with Gasteiger partial charge in [-0.15, -0.1) is 0 Å². The van der Waals surface area contributed by atoms with Crippen molar-refractivity contribution in [2.24, 2.45) is 5.73 Å². The van der Waals surface area contributed by atoms with Gasteiger partial charge in [-0.3, -0.25) is 0 Å². The number of halogens is 6. The molecule has 1 aliphatic rings. The van der Waals surface area contributed by atoms with E-state index in [0.29, 0.717) is 0 Å². The summed E-state index contributed by atoms with van der Waals surface area (Å²) in [4.78, 5) is 0. The minimum absolute atomic E-state index is 0.0961. The fourth-order valence-corrected chi connectivity index (χ4v) is 1.59. The molecule has 0 heterocycles. The molecule has 102 valence electrons. The number of nitrogens with two attached hydrogens (primary N) is 1. The average molecular weight is 267 g/mol. The average Bonchev–Trinajstić information content (AvgIpc) is 2.07. The van der Waals surface area contributed by atoms with Gasteiger partial charge in [0.25, 0.3) is 0 Å². The summed E-state index contributed by atoms with van der Waals surface area (Å²) in [5, 5.41) is 0. The molecule has 3 nitrogen and oxygen atoms in total. The minimum Gasteiger partial charge on any atom is -0.377 e. The molecule has 0 spiro atoms. The number of hydrogen-bond acceptors (Lipinski definition) is 3. The first-order valence-corrected chi connectivity index (χ1v) is 4.64. The van der Waals surface area contributed by atoms with E-state index in [2.05, 4.69) is 9.47 Å². The van der Waals surface area contributed by atoms with E-state index < -0.39 is 36.7 Å². The Morgan fingerprint density at radius 3 is 1.88 bits per heavy atom. The number of ether oxygens (including phenoxy) is 2.